The first kappa shape index (κ1) is 12.9. The summed E-state index contributed by atoms with van der Waals surface area (Å²) in [4.78, 5) is 17.6. The van der Waals surface area contributed by atoms with Gasteiger partial charge in [0.1, 0.15) is 11.7 Å². The standard InChI is InChI=1S/C11H13N5O4/c1-2-11(5-13-15-12)8(18)7-9(20-11)16-4-3-6(17)14-10(16)19-7/h3-4,7-9,18H,2,5H2,1H3/t7-,8-,9+,11-/m0/s1. The van der Waals surface area contributed by atoms with Crippen LogP contribution in [0.5, 0.6) is 6.01 Å². The minimum Gasteiger partial charge on any atom is -0.453 e. The van der Waals surface area contributed by atoms with Gasteiger partial charge in [-0.2, -0.15) is 4.98 Å². The van der Waals surface area contributed by atoms with Crippen molar-refractivity contribution in [1.82, 2.24) is 9.55 Å². The van der Waals surface area contributed by atoms with Crippen LogP contribution >= 0.6 is 0 Å². The Bertz CT molecular complexity index is 640. The van der Waals surface area contributed by atoms with Crippen LogP contribution in [0.1, 0.15) is 19.6 Å². The molecule has 0 saturated carbocycles. The quantitative estimate of drug-likeness (QED) is 0.486. The van der Waals surface area contributed by atoms with E-state index < -0.39 is 29.6 Å². The molecule has 20 heavy (non-hydrogen) atoms. The van der Waals surface area contributed by atoms with Gasteiger partial charge in [-0.05, 0) is 12.0 Å². The van der Waals surface area contributed by atoms with E-state index >= 15 is 0 Å². The first-order valence-electron chi connectivity index (χ1n) is 6.24. The van der Waals surface area contributed by atoms with Gasteiger partial charge >= 0.3 is 6.01 Å². The highest BCUT2D eigenvalue weighted by Gasteiger charge is 2.58. The van der Waals surface area contributed by atoms with Crippen molar-refractivity contribution >= 4 is 0 Å². The Hall–Kier alpha value is -2.09. The molecule has 0 aliphatic carbocycles. The Balaban J connectivity index is 1.96. The third-order valence-electron chi connectivity index (χ3n) is 3.81. The van der Waals surface area contributed by atoms with Gasteiger partial charge in [0.2, 0.25) is 0 Å². The maximum Gasteiger partial charge on any atom is 0.302 e. The summed E-state index contributed by atoms with van der Waals surface area (Å²) >= 11 is 0. The highest BCUT2D eigenvalue weighted by atomic mass is 16.6. The zero-order valence-corrected chi connectivity index (χ0v) is 10.7. The Kier molecular flexibility index (Phi) is 2.89. The van der Waals surface area contributed by atoms with Gasteiger partial charge in [0.05, 0.1) is 6.54 Å². The van der Waals surface area contributed by atoms with Crippen LogP contribution in [0.3, 0.4) is 0 Å². The molecule has 1 fully saturated rings. The molecule has 0 amide bonds. The van der Waals surface area contributed by atoms with Crippen molar-refractivity contribution in [2.75, 3.05) is 6.54 Å². The van der Waals surface area contributed by atoms with Gasteiger partial charge in [-0.3, -0.25) is 9.36 Å². The van der Waals surface area contributed by atoms with Crippen molar-refractivity contribution in [1.29, 1.82) is 0 Å². The molecule has 1 aromatic rings. The molecule has 3 rings (SSSR count). The van der Waals surface area contributed by atoms with Crippen LogP contribution in [0.15, 0.2) is 22.2 Å². The summed E-state index contributed by atoms with van der Waals surface area (Å²) in [7, 11) is 0. The number of rotatable bonds is 3. The number of fused-ring (bicyclic) bond motifs is 3. The van der Waals surface area contributed by atoms with Gasteiger partial charge in [0.25, 0.3) is 5.56 Å². The Morgan fingerprint density at radius 3 is 3.20 bits per heavy atom. The third-order valence-corrected chi connectivity index (χ3v) is 3.81. The summed E-state index contributed by atoms with van der Waals surface area (Å²) in [5.74, 6) is 0. The summed E-state index contributed by atoms with van der Waals surface area (Å²) in [5.41, 5.74) is 7.06. The van der Waals surface area contributed by atoms with Crippen molar-refractivity contribution in [2.24, 2.45) is 5.11 Å². The second kappa shape index (κ2) is 4.48. The van der Waals surface area contributed by atoms with E-state index in [2.05, 4.69) is 15.0 Å². The molecule has 0 bridgehead atoms. The average molecular weight is 279 g/mol. The average Bonchev–Trinajstić information content (AvgIpc) is 2.92. The summed E-state index contributed by atoms with van der Waals surface area (Å²) in [6, 6.07) is 1.42. The molecule has 1 N–H and O–H groups in total. The fourth-order valence-electron chi connectivity index (χ4n) is 2.66. The Labute approximate surface area is 113 Å². The Morgan fingerprint density at radius 1 is 1.70 bits per heavy atom. The van der Waals surface area contributed by atoms with E-state index in [1.165, 1.54) is 12.3 Å². The molecule has 1 saturated heterocycles. The third kappa shape index (κ3) is 1.68. The van der Waals surface area contributed by atoms with E-state index in [9.17, 15) is 9.90 Å². The van der Waals surface area contributed by atoms with E-state index in [0.29, 0.717) is 6.42 Å². The smallest absolute Gasteiger partial charge is 0.302 e. The number of hydrogen-bond acceptors (Lipinski definition) is 6. The number of azide groups is 1. The molecule has 0 radical (unpaired) electrons. The lowest BCUT2D eigenvalue weighted by molar-refractivity contribution is -0.0978. The number of aliphatic hydroxyl groups excluding tert-OH is 1. The summed E-state index contributed by atoms with van der Waals surface area (Å²) in [6.45, 7) is 1.85. The molecule has 0 spiro atoms. The molecule has 9 nitrogen and oxygen atoms in total. The molecule has 4 atom stereocenters. The Morgan fingerprint density at radius 2 is 2.50 bits per heavy atom. The van der Waals surface area contributed by atoms with E-state index in [1.54, 1.807) is 4.57 Å². The van der Waals surface area contributed by atoms with Gasteiger partial charge in [-0.15, -0.1) is 0 Å². The molecule has 3 heterocycles. The highest BCUT2D eigenvalue weighted by Crippen LogP contribution is 2.45. The summed E-state index contributed by atoms with van der Waals surface area (Å²) in [6.07, 6.45) is -0.242. The molecular weight excluding hydrogens is 266 g/mol. The van der Waals surface area contributed by atoms with Crippen LogP contribution in [0.25, 0.3) is 10.4 Å². The lowest BCUT2D eigenvalue weighted by Crippen LogP contribution is -2.46. The molecule has 2 aliphatic heterocycles. The zero-order chi connectivity index (χ0) is 14.3. The van der Waals surface area contributed by atoms with Crippen LogP contribution in [0.2, 0.25) is 0 Å². The second-order valence-electron chi connectivity index (χ2n) is 4.80. The zero-order valence-electron chi connectivity index (χ0n) is 10.7. The largest absolute Gasteiger partial charge is 0.453 e. The predicted octanol–water partition coefficient (Wildman–Crippen LogP) is 0.353. The van der Waals surface area contributed by atoms with Gasteiger partial charge in [0, 0.05) is 17.2 Å². The highest BCUT2D eigenvalue weighted by molar-refractivity contribution is 5.14. The predicted molar refractivity (Wildman–Crippen MR) is 66.1 cm³/mol. The molecular formula is C11H13N5O4. The number of nitrogens with zero attached hydrogens (tertiary/aromatic N) is 5. The molecule has 2 aliphatic rings. The van der Waals surface area contributed by atoms with Crippen molar-refractivity contribution in [3.8, 4) is 6.01 Å². The molecule has 0 aromatic carbocycles. The number of hydrogen-bond donors (Lipinski definition) is 1. The van der Waals surface area contributed by atoms with Crippen LogP contribution in [0.4, 0.5) is 0 Å². The van der Waals surface area contributed by atoms with Gasteiger partial charge in [0.15, 0.2) is 12.3 Å². The second-order valence-corrected chi connectivity index (χ2v) is 4.80. The van der Waals surface area contributed by atoms with Gasteiger partial charge < -0.3 is 14.6 Å². The maximum atomic E-state index is 11.2. The number of ether oxygens (including phenoxy) is 2. The molecule has 0 unspecified atom stereocenters. The van der Waals surface area contributed by atoms with E-state index in [4.69, 9.17) is 15.0 Å². The fraction of sp³-hybridized carbons (Fsp3) is 0.636. The summed E-state index contributed by atoms with van der Waals surface area (Å²) in [5, 5.41) is 13.9. The number of aromatic nitrogens is 2. The minimum absolute atomic E-state index is 0.0144. The van der Waals surface area contributed by atoms with Gasteiger partial charge in [-0.25, -0.2) is 0 Å². The van der Waals surface area contributed by atoms with Crippen molar-refractivity contribution in [2.45, 2.75) is 37.4 Å². The van der Waals surface area contributed by atoms with Crippen molar-refractivity contribution in [3.05, 3.63) is 33.1 Å². The maximum absolute atomic E-state index is 11.2. The molecule has 1 aromatic heterocycles. The monoisotopic (exact) mass is 279 g/mol. The lowest BCUT2D eigenvalue weighted by atomic mass is 9.92. The van der Waals surface area contributed by atoms with E-state index in [-0.39, 0.29) is 12.6 Å². The number of aliphatic hydroxyl groups is 1. The first-order valence-corrected chi connectivity index (χ1v) is 6.24. The molecule has 9 heteroatoms. The normalized spacial score (nSPS) is 34.0. The molecule has 106 valence electrons. The van der Waals surface area contributed by atoms with Crippen molar-refractivity contribution < 1.29 is 14.6 Å². The van der Waals surface area contributed by atoms with Crippen LogP contribution in [-0.4, -0.2) is 39.0 Å². The van der Waals surface area contributed by atoms with Crippen LogP contribution < -0.4 is 10.3 Å². The van der Waals surface area contributed by atoms with Crippen LogP contribution in [0, 0.1) is 0 Å². The van der Waals surface area contributed by atoms with Crippen LogP contribution in [-0.2, 0) is 4.74 Å². The minimum atomic E-state index is -0.984. The fourth-order valence-corrected chi connectivity index (χ4v) is 2.66. The van der Waals surface area contributed by atoms with Gasteiger partial charge in [-0.1, -0.05) is 12.0 Å². The first-order chi connectivity index (χ1) is 9.61. The SMILES string of the molecule is CC[C@@]1(CN=[N+]=[N-])O[C@@H]2[C@@H](Oc3nc(=O)ccn32)[C@@H]1O. The topological polar surface area (TPSA) is 122 Å². The van der Waals surface area contributed by atoms with E-state index in [1.807, 2.05) is 6.92 Å². The van der Waals surface area contributed by atoms with E-state index in [0.717, 1.165) is 0 Å². The lowest BCUT2D eigenvalue weighted by Gasteiger charge is -2.30. The van der Waals surface area contributed by atoms with Crippen molar-refractivity contribution in [3.63, 3.8) is 0 Å². The summed E-state index contributed by atoms with van der Waals surface area (Å²) < 4.78 is 12.9.